The zero-order valence-electron chi connectivity index (χ0n) is 9.31. The number of hydrogen-bond donors (Lipinski definition) is 1. The molecule has 0 saturated carbocycles. The molecule has 1 heterocycles. The van der Waals surface area contributed by atoms with Gasteiger partial charge in [0.25, 0.3) is 0 Å². The summed E-state index contributed by atoms with van der Waals surface area (Å²) in [4.78, 5) is 0. The van der Waals surface area contributed by atoms with Gasteiger partial charge in [-0.2, -0.15) is 0 Å². The van der Waals surface area contributed by atoms with Crippen molar-refractivity contribution < 1.29 is 0 Å². The van der Waals surface area contributed by atoms with Gasteiger partial charge in [-0.1, -0.05) is 26.7 Å². The molecule has 1 fully saturated rings. The van der Waals surface area contributed by atoms with Crippen molar-refractivity contribution in [2.45, 2.75) is 52.4 Å². The minimum Gasteiger partial charge on any atom is -0.317 e. The first-order chi connectivity index (χ1) is 6.33. The van der Waals surface area contributed by atoms with Gasteiger partial charge in [0, 0.05) is 0 Å². The second kappa shape index (κ2) is 6.42. The predicted octanol–water partition coefficient (Wildman–Crippen LogP) is 3.20. The van der Waals surface area contributed by atoms with Crippen LogP contribution in [-0.4, -0.2) is 13.1 Å². The monoisotopic (exact) mass is 183 g/mol. The highest BCUT2D eigenvalue weighted by molar-refractivity contribution is 4.69. The van der Waals surface area contributed by atoms with Crippen LogP contribution in [-0.2, 0) is 0 Å². The fraction of sp³-hybridized carbons (Fsp3) is 1.00. The second-order valence-electron chi connectivity index (χ2n) is 4.68. The molecule has 13 heavy (non-hydrogen) atoms. The highest BCUT2D eigenvalue weighted by Gasteiger charge is 2.14. The van der Waals surface area contributed by atoms with Crippen LogP contribution in [0.15, 0.2) is 0 Å². The van der Waals surface area contributed by atoms with Crippen molar-refractivity contribution in [3.63, 3.8) is 0 Å². The van der Waals surface area contributed by atoms with Gasteiger partial charge in [-0.3, -0.25) is 0 Å². The molecule has 1 saturated heterocycles. The molecule has 0 radical (unpaired) electrons. The highest BCUT2D eigenvalue weighted by Crippen LogP contribution is 2.24. The van der Waals surface area contributed by atoms with E-state index < -0.39 is 0 Å². The maximum absolute atomic E-state index is 3.48. The first kappa shape index (κ1) is 11.0. The summed E-state index contributed by atoms with van der Waals surface area (Å²) in [5, 5.41) is 3.48. The van der Waals surface area contributed by atoms with Gasteiger partial charge in [0.2, 0.25) is 0 Å². The van der Waals surface area contributed by atoms with Crippen molar-refractivity contribution in [3.05, 3.63) is 0 Å². The summed E-state index contributed by atoms with van der Waals surface area (Å²) in [5.41, 5.74) is 0. The molecule has 2 unspecified atom stereocenters. The molecule has 0 spiro atoms. The van der Waals surface area contributed by atoms with Gasteiger partial charge in [-0.25, -0.2) is 0 Å². The first-order valence-corrected chi connectivity index (χ1v) is 6.03. The van der Waals surface area contributed by atoms with Crippen LogP contribution in [0.2, 0.25) is 0 Å². The highest BCUT2D eigenvalue weighted by atomic mass is 14.8. The van der Waals surface area contributed by atoms with Crippen molar-refractivity contribution >= 4 is 0 Å². The number of hydrogen-bond acceptors (Lipinski definition) is 1. The van der Waals surface area contributed by atoms with Crippen LogP contribution < -0.4 is 5.32 Å². The third-order valence-electron chi connectivity index (χ3n) is 3.21. The quantitative estimate of drug-likeness (QED) is 0.705. The summed E-state index contributed by atoms with van der Waals surface area (Å²) in [6.07, 6.45) is 8.50. The fourth-order valence-electron chi connectivity index (χ4n) is 2.51. The topological polar surface area (TPSA) is 12.0 Å². The lowest BCUT2D eigenvalue weighted by Crippen LogP contribution is -2.14. The van der Waals surface area contributed by atoms with E-state index in [1.54, 1.807) is 0 Å². The summed E-state index contributed by atoms with van der Waals surface area (Å²) in [6.45, 7) is 7.22. The molecule has 0 bridgehead atoms. The average Bonchev–Trinajstić information content (AvgIpc) is 2.33. The summed E-state index contributed by atoms with van der Waals surface area (Å²) in [6, 6.07) is 0. The number of rotatable bonds is 4. The van der Waals surface area contributed by atoms with Gasteiger partial charge < -0.3 is 5.32 Å². The molecule has 1 N–H and O–H groups in total. The Morgan fingerprint density at radius 2 is 2.15 bits per heavy atom. The Balaban J connectivity index is 2.17. The molecule has 1 nitrogen and oxygen atoms in total. The summed E-state index contributed by atoms with van der Waals surface area (Å²) < 4.78 is 0. The third-order valence-corrected chi connectivity index (χ3v) is 3.21. The van der Waals surface area contributed by atoms with E-state index in [2.05, 4.69) is 19.2 Å². The Hall–Kier alpha value is -0.0400. The summed E-state index contributed by atoms with van der Waals surface area (Å²) >= 11 is 0. The molecule has 0 aromatic heterocycles. The van der Waals surface area contributed by atoms with E-state index in [9.17, 15) is 0 Å². The molecular formula is C12H25N. The lowest BCUT2D eigenvalue weighted by molar-refractivity contribution is 0.346. The van der Waals surface area contributed by atoms with Crippen LogP contribution in [0.3, 0.4) is 0 Å². The van der Waals surface area contributed by atoms with E-state index in [-0.39, 0.29) is 0 Å². The normalized spacial score (nSPS) is 26.8. The molecule has 0 aromatic carbocycles. The lowest BCUT2D eigenvalue weighted by Gasteiger charge is -2.18. The Labute approximate surface area is 83.3 Å². The first-order valence-electron chi connectivity index (χ1n) is 6.03. The molecule has 1 heteroatoms. The molecule has 1 rings (SSSR count). The number of nitrogens with one attached hydrogen (secondary N) is 1. The largest absolute Gasteiger partial charge is 0.317 e. The molecule has 2 atom stereocenters. The minimum absolute atomic E-state index is 0.952. The van der Waals surface area contributed by atoms with E-state index in [1.807, 2.05) is 0 Å². The van der Waals surface area contributed by atoms with E-state index in [4.69, 9.17) is 0 Å². The van der Waals surface area contributed by atoms with Gasteiger partial charge in [-0.05, 0) is 50.6 Å². The molecule has 1 aliphatic rings. The van der Waals surface area contributed by atoms with Crippen molar-refractivity contribution in [3.8, 4) is 0 Å². The SMILES string of the molecule is CCCC(C)CC1CCCNCC1. The lowest BCUT2D eigenvalue weighted by atomic mass is 9.88. The van der Waals surface area contributed by atoms with E-state index in [0.29, 0.717) is 0 Å². The van der Waals surface area contributed by atoms with Crippen molar-refractivity contribution in [1.29, 1.82) is 0 Å². The van der Waals surface area contributed by atoms with Crippen LogP contribution in [0.1, 0.15) is 52.4 Å². The molecule has 0 aromatic rings. The Morgan fingerprint density at radius 1 is 1.31 bits per heavy atom. The van der Waals surface area contributed by atoms with Crippen LogP contribution in [0, 0.1) is 11.8 Å². The molecule has 78 valence electrons. The van der Waals surface area contributed by atoms with Crippen LogP contribution >= 0.6 is 0 Å². The average molecular weight is 183 g/mol. The van der Waals surface area contributed by atoms with E-state index in [0.717, 1.165) is 11.8 Å². The van der Waals surface area contributed by atoms with Crippen molar-refractivity contribution in [1.82, 2.24) is 5.32 Å². The Morgan fingerprint density at radius 3 is 2.92 bits per heavy atom. The molecule has 0 aliphatic carbocycles. The van der Waals surface area contributed by atoms with Crippen LogP contribution in [0.25, 0.3) is 0 Å². The van der Waals surface area contributed by atoms with Gasteiger partial charge in [0.15, 0.2) is 0 Å². The molecular weight excluding hydrogens is 158 g/mol. The Kier molecular flexibility index (Phi) is 5.45. The zero-order chi connectivity index (χ0) is 9.52. The molecule has 1 aliphatic heterocycles. The van der Waals surface area contributed by atoms with Crippen LogP contribution in [0.4, 0.5) is 0 Å². The smallest absolute Gasteiger partial charge is 0.00463 e. The van der Waals surface area contributed by atoms with E-state index in [1.165, 1.54) is 51.6 Å². The van der Waals surface area contributed by atoms with Crippen molar-refractivity contribution in [2.75, 3.05) is 13.1 Å². The minimum atomic E-state index is 0.952. The van der Waals surface area contributed by atoms with Gasteiger partial charge in [0.05, 0.1) is 0 Å². The van der Waals surface area contributed by atoms with Crippen molar-refractivity contribution in [2.24, 2.45) is 11.8 Å². The summed E-state index contributed by atoms with van der Waals surface area (Å²) in [7, 11) is 0. The third kappa shape index (κ3) is 4.66. The maximum atomic E-state index is 3.48. The predicted molar refractivity (Wildman–Crippen MR) is 58.9 cm³/mol. The Bertz CT molecular complexity index is 114. The second-order valence-corrected chi connectivity index (χ2v) is 4.68. The van der Waals surface area contributed by atoms with Crippen LogP contribution in [0.5, 0.6) is 0 Å². The zero-order valence-corrected chi connectivity index (χ0v) is 9.31. The van der Waals surface area contributed by atoms with Gasteiger partial charge >= 0.3 is 0 Å². The summed E-state index contributed by atoms with van der Waals surface area (Å²) in [5.74, 6) is 1.96. The van der Waals surface area contributed by atoms with Gasteiger partial charge in [-0.15, -0.1) is 0 Å². The maximum Gasteiger partial charge on any atom is -0.00463 e. The standard InChI is InChI=1S/C12H25N/c1-3-5-11(2)10-12-6-4-8-13-9-7-12/h11-13H,3-10H2,1-2H3. The molecule has 0 amide bonds. The fourth-order valence-corrected chi connectivity index (χ4v) is 2.51. The van der Waals surface area contributed by atoms with E-state index >= 15 is 0 Å². The van der Waals surface area contributed by atoms with Gasteiger partial charge in [0.1, 0.15) is 0 Å².